The Hall–Kier alpha value is -3.19. The van der Waals surface area contributed by atoms with Gasteiger partial charge in [-0.2, -0.15) is 0 Å². The third-order valence-electron chi connectivity index (χ3n) is 4.82. The van der Waals surface area contributed by atoms with Crippen LogP contribution in [0.1, 0.15) is 25.5 Å². The zero-order chi connectivity index (χ0) is 20.9. The number of hydrogen-bond donors (Lipinski definition) is 1. The van der Waals surface area contributed by atoms with Crippen molar-refractivity contribution in [3.8, 4) is 16.3 Å². The summed E-state index contributed by atoms with van der Waals surface area (Å²) >= 11 is 1.51. The Morgan fingerprint density at radius 3 is 2.80 bits per heavy atom. The molecule has 1 aliphatic rings. The topological polar surface area (TPSA) is 71.5 Å². The smallest absolute Gasteiger partial charge is 0.230 e. The second-order valence-corrected chi connectivity index (χ2v) is 7.88. The van der Waals surface area contributed by atoms with Crippen molar-refractivity contribution in [2.45, 2.75) is 26.2 Å². The maximum absolute atomic E-state index is 12.5. The van der Waals surface area contributed by atoms with E-state index in [2.05, 4.69) is 10.3 Å². The van der Waals surface area contributed by atoms with Gasteiger partial charge in [0.05, 0.1) is 18.7 Å². The van der Waals surface area contributed by atoms with Gasteiger partial charge in [0.15, 0.2) is 0 Å². The monoisotopic (exact) mass is 421 g/mol. The van der Waals surface area contributed by atoms with E-state index >= 15 is 0 Å². The van der Waals surface area contributed by atoms with E-state index in [4.69, 9.17) is 4.74 Å². The highest BCUT2D eigenvalue weighted by Crippen LogP contribution is 2.27. The van der Waals surface area contributed by atoms with Crippen molar-refractivity contribution in [2.24, 2.45) is 0 Å². The average Bonchev–Trinajstić information content (AvgIpc) is 3.38. The lowest BCUT2D eigenvalue weighted by Crippen LogP contribution is -2.23. The van der Waals surface area contributed by atoms with Crippen LogP contribution in [0.2, 0.25) is 0 Å². The quantitative estimate of drug-likeness (QED) is 0.609. The minimum atomic E-state index is -0.136. The predicted molar refractivity (Wildman–Crippen MR) is 119 cm³/mol. The molecule has 1 saturated heterocycles. The molecule has 6 nitrogen and oxygen atoms in total. The zero-order valence-electron chi connectivity index (χ0n) is 16.8. The molecule has 1 fully saturated rings. The number of aromatic nitrogens is 1. The molecule has 0 spiro atoms. The average molecular weight is 422 g/mol. The van der Waals surface area contributed by atoms with Crippen LogP contribution in [-0.2, 0) is 16.0 Å². The fourth-order valence-electron chi connectivity index (χ4n) is 3.42. The summed E-state index contributed by atoms with van der Waals surface area (Å²) in [6.07, 6.45) is 1.65. The van der Waals surface area contributed by atoms with Gasteiger partial charge < -0.3 is 15.0 Å². The van der Waals surface area contributed by atoms with Gasteiger partial charge in [0.2, 0.25) is 11.8 Å². The number of thiazole rings is 1. The molecule has 2 aromatic carbocycles. The maximum Gasteiger partial charge on any atom is 0.230 e. The minimum Gasteiger partial charge on any atom is -0.494 e. The number of rotatable bonds is 7. The number of hydrogen-bond acceptors (Lipinski definition) is 5. The number of anilines is 2. The van der Waals surface area contributed by atoms with Gasteiger partial charge in [0.25, 0.3) is 0 Å². The van der Waals surface area contributed by atoms with E-state index in [0.29, 0.717) is 18.7 Å². The predicted octanol–water partition coefficient (Wildman–Crippen LogP) is 4.52. The highest BCUT2D eigenvalue weighted by molar-refractivity contribution is 7.13. The van der Waals surface area contributed by atoms with E-state index in [0.717, 1.165) is 40.7 Å². The number of nitrogens with one attached hydrogen (secondary N) is 1. The molecule has 0 radical (unpaired) electrons. The Morgan fingerprint density at radius 1 is 1.23 bits per heavy atom. The highest BCUT2D eigenvalue weighted by Gasteiger charge is 2.21. The SMILES string of the molecule is CCOc1ccc(-c2nc(CC(=O)Nc3cccc(N4CCCC4=O)c3)cs2)cc1. The summed E-state index contributed by atoms with van der Waals surface area (Å²) in [7, 11) is 0. The molecule has 7 heteroatoms. The number of carbonyl (C=O) groups is 2. The first kappa shape index (κ1) is 20.1. The Labute approximate surface area is 179 Å². The van der Waals surface area contributed by atoms with E-state index in [-0.39, 0.29) is 18.2 Å². The van der Waals surface area contributed by atoms with Crippen LogP contribution in [0, 0.1) is 0 Å². The molecule has 0 atom stereocenters. The normalized spacial score (nSPS) is 13.5. The number of amides is 2. The molecular formula is C23H23N3O3S. The molecule has 0 bridgehead atoms. The molecule has 0 aliphatic carbocycles. The van der Waals surface area contributed by atoms with E-state index in [1.54, 1.807) is 4.90 Å². The molecule has 0 saturated carbocycles. The molecule has 30 heavy (non-hydrogen) atoms. The Bertz CT molecular complexity index is 1050. The first-order chi connectivity index (χ1) is 14.6. The standard InChI is InChI=1S/C23H23N3O3S/c1-2-29-20-10-8-16(9-11-20)23-25-18(15-30-23)14-21(27)24-17-5-3-6-19(13-17)26-12-4-7-22(26)28/h3,5-6,8-11,13,15H,2,4,7,12,14H2,1H3,(H,24,27). The van der Waals surface area contributed by atoms with Crippen LogP contribution in [0.15, 0.2) is 53.9 Å². The summed E-state index contributed by atoms with van der Waals surface area (Å²) in [5.41, 5.74) is 3.23. The van der Waals surface area contributed by atoms with Crippen molar-refractivity contribution in [1.82, 2.24) is 4.98 Å². The molecule has 3 aromatic rings. The van der Waals surface area contributed by atoms with Crippen molar-refractivity contribution in [3.63, 3.8) is 0 Å². The third-order valence-corrected chi connectivity index (χ3v) is 5.76. The first-order valence-corrected chi connectivity index (χ1v) is 10.9. The van der Waals surface area contributed by atoms with Gasteiger partial charge in [-0.25, -0.2) is 4.98 Å². The summed E-state index contributed by atoms with van der Waals surface area (Å²) < 4.78 is 5.47. The van der Waals surface area contributed by atoms with Crippen LogP contribution >= 0.6 is 11.3 Å². The van der Waals surface area contributed by atoms with E-state index in [1.165, 1.54) is 11.3 Å². The fraction of sp³-hybridized carbons (Fsp3) is 0.261. The van der Waals surface area contributed by atoms with Crippen LogP contribution < -0.4 is 15.0 Å². The van der Waals surface area contributed by atoms with Gasteiger partial charge >= 0.3 is 0 Å². The molecular weight excluding hydrogens is 398 g/mol. The van der Waals surface area contributed by atoms with Gasteiger partial charge in [-0.3, -0.25) is 9.59 Å². The van der Waals surface area contributed by atoms with Crippen molar-refractivity contribution < 1.29 is 14.3 Å². The van der Waals surface area contributed by atoms with Crippen LogP contribution in [-0.4, -0.2) is 29.9 Å². The van der Waals surface area contributed by atoms with E-state index < -0.39 is 0 Å². The molecule has 1 N–H and O–H groups in total. The van der Waals surface area contributed by atoms with Crippen molar-refractivity contribution in [1.29, 1.82) is 0 Å². The second kappa shape index (κ2) is 9.09. The lowest BCUT2D eigenvalue weighted by atomic mass is 10.2. The lowest BCUT2D eigenvalue weighted by molar-refractivity contribution is -0.117. The van der Waals surface area contributed by atoms with Gasteiger partial charge in [-0.15, -0.1) is 11.3 Å². The van der Waals surface area contributed by atoms with Crippen molar-refractivity contribution in [3.05, 3.63) is 59.6 Å². The lowest BCUT2D eigenvalue weighted by Gasteiger charge is -2.16. The van der Waals surface area contributed by atoms with Crippen LogP contribution in [0.4, 0.5) is 11.4 Å². The van der Waals surface area contributed by atoms with Crippen LogP contribution in [0.25, 0.3) is 10.6 Å². The number of carbonyl (C=O) groups excluding carboxylic acids is 2. The molecule has 1 aliphatic heterocycles. The summed E-state index contributed by atoms with van der Waals surface area (Å²) in [5.74, 6) is 0.821. The van der Waals surface area contributed by atoms with E-state index in [9.17, 15) is 9.59 Å². The molecule has 2 amide bonds. The van der Waals surface area contributed by atoms with E-state index in [1.807, 2.05) is 60.8 Å². The van der Waals surface area contributed by atoms with Gasteiger partial charge in [0, 0.05) is 35.3 Å². The highest BCUT2D eigenvalue weighted by atomic mass is 32.1. The molecule has 2 heterocycles. The second-order valence-electron chi connectivity index (χ2n) is 7.03. The number of nitrogens with zero attached hydrogens (tertiary/aromatic N) is 2. The number of benzene rings is 2. The summed E-state index contributed by atoms with van der Waals surface area (Å²) in [6, 6.07) is 15.2. The van der Waals surface area contributed by atoms with Crippen molar-refractivity contribution in [2.75, 3.05) is 23.4 Å². The Kier molecular flexibility index (Phi) is 6.09. The minimum absolute atomic E-state index is 0.128. The van der Waals surface area contributed by atoms with Gasteiger partial charge in [-0.1, -0.05) is 6.07 Å². The Balaban J connectivity index is 1.38. The van der Waals surface area contributed by atoms with Gasteiger partial charge in [-0.05, 0) is 55.8 Å². The maximum atomic E-state index is 12.5. The van der Waals surface area contributed by atoms with Crippen molar-refractivity contribution >= 4 is 34.5 Å². The first-order valence-electron chi connectivity index (χ1n) is 10.0. The van der Waals surface area contributed by atoms with Gasteiger partial charge in [0.1, 0.15) is 10.8 Å². The molecule has 1 aromatic heterocycles. The van der Waals surface area contributed by atoms with Crippen LogP contribution in [0.3, 0.4) is 0 Å². The third kappa shape index (κ3) is 4.68. The molecule has 4 rings (SSSR count). The fourth-order valence-corrected chi connectivity index (χ4v) is 4.25. The van der Waals surface area contributed by atoms with Crippen LogP contribution in [0.5, 0.6) is 5.75 Å². The summed E-state index contributed by atoms with van der Waals surface area (Å²) in [5, 5.41) is 5.69. The summed E-state index contributed by atoms with van der Waals surface area (Å²) in [4.78, 5) is 30.8. The largest absolute Gasteiger partial charge is 0.494 e. The Morgan fingerprint density at radius 2 is 2.07 bits per heavy atom. The molecule has 154 valence electrons. The zero-order valence-corrected chi connectivity index (χ0v) is 17.6. The number of ether oxygens (including phenoxy) is 1. The summed E-state index contributed by atoms with van der Waals surface area (Å²) in [6.45, 7) is 3.31. The molecule has 0 unspecified atom stereocenters.